The van der Waals surface area contributed by atoms with Crippen LogP contribution in [0.2, 0.25) is 0 Å². The second-order valence-corrected chi connectivity index (χ2v) is 6.98. The number of hydrogen-bond donors (Lipinski definition) is 1. The molecule has 0 aliphatic carbocycles. The van der Waals surface area contributed by atoms with Crippen LogP contribution in [0.3, 0.4) is 0 Å². The van der Waals surface area contributed by atoms with E-state index in [-0.39, 0.29) is 12.2 Å². The lowest BCUT2D eigenvalue weighted by Crippen LogP contribution is -2.30. The maximum atomic E-state index is 14.0. The van der Waals surface area contributed by atoms with Crippen molar-refractivity contribution in [1.82, 2.24) is 4.72 Å². The van der Waals surface area contributed by atoms with Crippen molar-refractivity contribution in [3.63, 3.8) is 0 Å². The quantitative estimate of drug-likeness (QED) is 0.895. The van der Waals surface area contributed by atoms with Crippen LogP contribution in [0.25, 0.3) is 0 Å². The van der Waals surface area contributed by atoms with Gasteiger partial charge in [-0.1, -0.05) is 17.7 Å². The average Bonchev–Trinajstić information content (AvgIpc) is 2.47. The molecule has 0 radical (unpaired) electrons. The Kier molecular flexibility index (Phi) is 5.18. The highest BCUT2D eigenvalue weighted by molar-refractivity contribution is 7.89. The zero-order chi connectivity index (χ0) is 17.9. The molecule has 0 heterocycles. The Balaban J connectivity index is 2.17. The molecule has 8 heteroatoms. The fraction of sp³-hybridized carbons (Fsp3) is 0.188. The van der Waals surface area contributed by atoms with Crippen molar-refractivity contribution in [3.05, 3.63) is 64.7 Å². The molecule has 0 atom stereocenters. The molecular formula is C16H15F2NO4S. The van der Waals surface area contributed by atoms with E-state index in [1.165, 1.54) is 0 Å². The number of benzene rings is 2. The summed E-state index contributed by atoms with van der Waals surface area (Å²) in [6, 6.07) is 8.45. The van der Waals surface area contributed by atoms with Crippen molar-refractivity contribution in [2.45, 2.75) is 13.5 Å². The van der Waals surface area contributed by atoms with Crippen LogP contribution >= 0.6 is 0 Å². The lowest BCUT2D eigenvalue weighted by Gasteiger charge is -2.10. The van der Waals surface area contributed by atoms with E-state index >= 15 is 0 Å². The summed E-state index contributed by atoms with van der Waals surface area (Å²) < 4.78 is 56.9. The van der Waals surface area contributed by atoms with E-state index in [2.05, 4.69) is 0 Å². The summed E-state index contributed by atoms with van der Waals surface area (Å²) >= 11 is 0. The summed E-state index contributed by atoms with van der Waals surface area (Å²) in [5.74, 6) is -2.67. The molecule has 0 aliphatic rings. The summed E-state index contributed by atoms with van der Waals surface area (Å²) in [5, 5.41) is 0. The number of carbonyl (C=O) groups is 1. The first-order valence-corrected chi connectivity index (χ1v) is 8.74. The molecule has 2 rings (SSSR count). The van der Waals surface area contributed by atoms with Crippen LogP contribution in [0, 0.1) is 18.6 Å². The first-order chi connectivity index (χ1) is 11.2. The minimum absolute atomic E-state index is 0.0935. The van der Waals surface area contributed by atoms with Crippen LogP contribution in [0.4, 0.5) is 8.78 Å². The predicted octanol–water partition coefficient (Wildman–Crippen LogP) is 2.54. The molecule has 5 nitrogen and oxygen atoms in total. The number of sulfonamides is 1. The van der Waals surface area contributed by atoms with E-state index in [9.17, 15) is 22.0 Å². The number of amides is 1. The van der Waals surface area contributed by atoms with Crippen molar-refractivity contribution in [1.29, 1.82) is 0 Å². The van der Waals surface area contributed by atoms with Crippen molar-refractivity contribution in [3.8, 4) is 5.75 Å². The maximum absolute atomic E-state index is 14.0. The number of rotatable bonds is 5. The molecule has 1 amide bonds. The smallest absolute Gasteiger partial charge is 0.267 e. The van der Waals surface area contributed by atoms with Gasteiger partial charge in [0.05, 0.1) is 11.8 Å². The van der Waals surface area contributed by atoms with Gasteiger partial charge >= 0.3 is 0 Å². The normalized spacial score (nSPS) is 11.2. The Bertz CT molecular complexity index is 864. The fourth-order valence-electron chi connectivity index (χ4n) is 1.89. The number of aryl methyl sites for hydroxylation is 1. The zero-order valence-corrected chi connectivity index (χ0v) is 13.8. The first-order valence-electron chi connectivity index (χ1n) is 6.85. The lowest BCUT2D eigenvalue weighted by atomic mass is 10.1. The second kappa shape index (κ2) is 6.96. The molecule has 0 bridgehead atoms. The third kappa shape index (κ3) is 4.76. The third-order valence-corrected chi connectivity index (χ3v) is 3.63. The van der Waals surface area contributed by atoms with Crippen molar-refractivity contribution < 1.29 is 26.7 Å². The Morgan fingerprint density at radius 2 is 1.75 bits per heavy atom. The third-order valence-electron chi connectivity index (χ3n) is 3.07. The Hall–Kier alpha value is -2.48. The van der Waals surface area contributed by atoms with Gasteiger partial charge in [0.25, 0.3) is 5.91 Å². The number of carbonyl (C=O) groups excluding carboxylic acids is 1. The molecule has 0 saturated heterocycles. The van der Waals surface area contributed by atoms with E-state index in [0.29, 0.717) is 11.8 Å². The summed E-state index contributed by atoms with van der Waals surface area (Å²) in [7, 11) is -3.87. The molecule has 2 aromatic carbocycles. The molecule has 1 N–H and O–H groups in total. The molecule has 0 aromatic heterocycles. The highest BCUT2D eigenvalue weighted by Crippen LogP contribution is 2.19. The molecule has 0 fully saturated rings. The van der Waals surface area contributed by atoms with E-state index in [1.54, 1.807) is 16.9 Å². The van der Waals surface area contributed by atoms with Crippen molar-refractivity contribution >= 4 is 15.9 Å². The van der Waals surface area contributed by atoms with Crippen LogP contribution in [-0.4, -0.2) is 20.6 Å². The first kappa shape index (κ1) is 17.9. The van der Waals surface area contributed by atoms with Gasteiger partial charge in [0.2, 0.25) is 10.0 Å². The molecule has 2 aromatic rings. The Morgan fingerprint density at radius 3 is 2.33 bits per heavy atom. The predicted molar refractivity (Wildman–Crippen MR) is 84.2 cm³/mol. The molecule has 0 saturated carbocycles. The summed E-state index contributed by atoms with van der Waals surface area (Å²) in [5.41, 5.74) is 0.238. The second-order valence-electron chi connectivity index (χ2n) is 5.23. The van der Waals surface area contributed by atoms with E-state index in [4.69, 9.17) is 4.74 Å². The van der Waals surface area contributed by atoms with Gasteiger partial charge < -0.3 is 4.74 Å². The van der Waals surface area contributed by atoms with Crippen LogP contribution < -0.4 is 9.46 Å². The van der Waals surface area contributed by atoms with Crippen LogP contribution in [0.1, 0.15) is 21.5 Å². The molecule has 24 heavy (non-hydrogen) atoms. The summed E-state index contributed by atoms with van der Waals surface area (Å²) in [6.07, 6.45) is 0.739. The van der Waals surface area contributed by atoms with Gasteiger partial charge in [0, 0.05) is 5.56 Å². The Morgan fingerprint density at radius 1 is 1.12 bits per heavy atom. The largest absolute Gasteiger partial charge is 0.489 e. The van der Waals surface area contributed by atoms with Gasteiger partial charge in [-0.3, -0.25) is 4.79 Å². The van der Waals surface area contributed by atoms with E-state index in [0.717, 1.165) is 17.9 Å². The molecule has 0 spiro atoms. The number of hydrogen-bond acceptors (Lipinski definition) is 4. The minimum Gasteiger partial charge on any atom is -0.489 e. The van der Waals surface area contributed by atoms with E-state index in [1.807, 2.05) is 19.1 Å². The molecule has 0 unspecified atom stereocenters. The standard InChI is InChI=1S/C16H15F2NO4S/c1-10-3-5-12(6-4-10)23-9-11-7-15(18)13(8-14(11)17)16(20)19-24(2,21)22/h3-8H,9H2,1-2H3,(H,19,20). The molecule has 0 aliphatic heterocycles. The Labute approximate surface area is 138 Å². The zero-order valence-electron chi connectivity index (χ0n) is 13.0. The number of ether oxygens (including phenoxy) is 1. The highest BCUT2D eigenvalue weighted by atomic mass is 32.2. The lowest BCUT2D eigenvalue weighted by molar-refractivity contribution is 0.0977. The number of nitrogens with one attached hydrogen (secondary N) is 1. The molecule has 128 valence electrons. The van der Waals surface area contributed by atoms with Gasteiger partial charge in [-0.2, -0.15) is 0 Å². The van der Waals surface area contributed by atoms with Gasteiger partial charge in [-0.05, 0) is 31.2 Å². The fourth-order valence-corrected chi connectivity index (χ4v) is 2.34. The van der Waals surface area contributed by atoms with Crippen LogP contribution in [0.15, 0.2) is 36.4 Å². The van der Waals surface area contributed by atoms with Crippen molar-refractivity contribution in [2.75, 3.05) is 6.26 Å². The van der Waals surface area contributed by atoms with Gasteiger partial charge in [0.15, 0.2) is 0 Å². The topological polar surface area (TPSA) is 72.5 Å². The van der Waals surface area contributed by atoms with Gasteiger partial charge in [-0.25, -0.2) is 21.9 Å². The summed E-state index contributed by atoms with van der Waals surface area (Å²) in [6.45, 7) is 1.67. The maximum Gasteiger partial charge on any atom is 0.267 e. The molecular weight excluding hydrogens is 340 g/mol. The van der Waals surface area contributed by atoms with Gasteiger partial charge in [0.1, 0.15) is 24.0 Å². The van der Waals surface area contributed by atoms with E-state index < -0.39 is 33.1 Å². The minimum atomic E-state index is -3.87. The van der Waals surface area contributed by atoms with Crippen LogP contribution in [-0.2, 0) is 16.6 Å². The number of halogens is 2. The highest BCUT2D eigenvalue weighted by Gasteiger charge is 2.19. The van der Waals surface area contributed by atoms with Gasteiger partial charge in [-0.15, -0.1) is 0 Å². The summed E-state index contributed by atoms with van der Waals surface area (Å²) in [4.78, 5) is 11.6. The SMILES string of the molecule is Cc1ccc(OCc2cc(F)c(C(=O)NS(C)(=O)=O)cc2F)cc1. The van der Waals surface area contributed by atoms with Crippen molar-refractivity contribution in [2.24, 2.45) is 0 Å². The van der Waals surface area contributed by atoms with Crippen LogP contribution in [0.5, 0.6) is 5.75 Å². The monoisotopic (exact) mass is 355 g/mol. The average molecular weight is 355 g/mol.